The van der Waals surface area contributed by atoms with Crippen LogP contribution in [0.5, 0.6) is 0 Å². The maximum atomic E-state index is 13.5. The van der Waals surface area contributed by atoms with Gasteiger partial charge >= 0.3 is 12.1 Å². The quantitative estimate of drug-likeness (QED) is 0.0791. The third-order valence-electron chi connectivity index (χ3n) is 12.7. The van der Waals surface area contributed by atoms with Crippen LogP contribution >= 0.6 is 22.7 Å². The second kappa shape index (κ2) is 15.4. The van der Waals surface area contributed by atoms with E-state index < -0.39 is 43.3 Å². The van der Waals surface area contributed by atoms with Crippen LogP contribution in [-0.2, 0) is 56.9 Å². The highest BCUT2D eigenvalue weighted by Crippen LogP contribution is 2.57. The number of nitrogens with zero attached hydrogens (tertiary/aromatic N) is 2. The van der Waals surface area contributed by atoms with E-state index in [4.69, 9.17) is 0 Å². The lowest BCUT2D eigenvalue weighted by atomic mass is 9.87. The molecule has 4 aliphatic carbocycles. The summed E-state index contributed by atoms with van der Waals surface area (Å²) in [5.74, 6) is 1.67. The van der Waals surface area contributed by atoms with E-state index in [-0.39, 0.29) is 37.0 Å². The van der Waals surface area contributed by atoms with Crippen molar-refractivity contribution in [3.63, 3.8) is 0 Å². The van der Waals surface area contributed by atoms with E-state index in [0.717, 1.165) is 114 Å². The maximum absolute atomic E-state index is 13.5. The van der Waals surface area contributed by atoms with Crippen molar-refractivity contribution in [1.82, 2.24) is 19.4 Å². The number of anilines is 2. The summed E-state index contributed by atoms with van der Waals surface area (Å²) in [5.41, 5.74) is 5.14. The van der Waals surface area contributed by atoms with Crippen molar-refractivity contribution in [2.45, 2.75) is 124 Å². The highest BCUT2D eigenvalue weighted by atomic mass is 32.3. The Bertz CT molecular complexity index is 2590. The van der Waals surface area contributed by atoms with Gasteiger partial charge in [0.15, 0.2) is 4.21 Å². The fourth-order valence-electron chi connectivity index (χ4n) is 9.17. The SMILES string of the molecule is CC(c1ccc2c(c1NC(=O)NS(=O)(=O)c1cnc(C(C)(C)O)s1)CCC2)C1CC1C1Cc2ccc([C@@H](C)C3CC3)c(NC(=O)NS(=O)(=O)c3nc(C(C)(C)O)cs3)c2C1. The minimum atomic E-state index is -4.30. The summed E-state index contributed by atoms with van der Waals surface area (Å²) in [6.45, 7) is 10.4. The van der Waals surface area contributed by atoms with E-state index in [1.807, 2.05) is 0 Å². The fraction of sp³-hybridized carbons (Fsp3) is 0.524. The first-order chi connectivity index (χ1) is 28.1. The van der Waals surface area contributed by atoms with Crippen molar-refractivity contribution in [3.05, 3.63) is 79.9 Å². The molecule has 0 saturated heterocycles. The number of benzene rings is 2. The van der Waals surface area contributed by atoms with E-state index >= 15 is 0 Å². The first-order valence-corrected chi connectivity index (χ1v) is 25.1. The summed E-state index contributed by atoms with van der Waals surface area (Å²) in [5, 5.41) is 28.2. The number of sulfonamides is 2. The molecule has 2 aromatic heterocycles. The summed E-state index contributed by atoms with van der Waals surface area (Å²) >= 11 is 1.64. The molecule has 2 saturated carbocycles. The minimum absolute atomic E-state index is 0.0502. The van der Waals surface area contributed by atoms with Crippen molar-refractivity contribution in [3.8, 4) is 0 Å². The lowest BCUT2D eigenvalue weighted by Gasteiger charge is -2.22. The molecule has 4 unspecified atom stereocenters. The second-order valence-corrected chi connectivity index (χ2v) is 23.7. The van der Waals surface area contributed by atoms with Gasteiger partial charge in [0.25, 0.3) is 20.0 Å². The predicted octanol–water partition coefficient (Wildman–Crippen LogP) is 7.23. The number of hydrogen-bond donors (Lipinski definition) is 6. The van der Waals surface area contributed by atoms with Crippen molar-refractivity contribution in [1.29, 1.82) is 0 Å². The van der Waals surface area contributed by atoms with Gasteiger partial charge in [-0.15, -0.1) is 22.7 Å². The second-order valence-electron chi connectivity index (χ2n) is 18.1. The number of fused-ring (bicyclic) bond motifs is 2. The Hall–Kier alpha value is -3.94. The number of thiazole rings is 2. The molecule has 322 valence electrons. The molecule has 8 rings (SSSR count). The molecule has 4 amide bonds. The number of carbonyl (C=O) groups excluding carboxylic acids is 2. The van der Waals surface area contributed by atoms with Gasteiger partial charge < -0.3 is 20.8 Å². The molecule has 6 N–H and O–H groups in total. The zero-order valence-electron chi connectivity index (χ0n) is 34.5. The van der Waals surface area contributed by atoms with E-state index in [1.165, 1.54) is 33.1 Å². The Morgan fingerprint density at radius 1 is 0.817 bits per heavy atom. The molecule has 4 aromatic rings. The molecule has 0 aliphatic heterocycles. The summed E-state index contributed by atoms with van der Waals surface area (Å²) < 4.78 is 56.7. The normalized spacial score (nSPS) is 21.2. The van der Waals surface area contributed by atoms with E-state index in [1.54, 1.807) is 0 Å². The van der Waals surface area contributed by atoms with Gasteiger partial charge in [0, 0.05) is 16.8 Å². The Balaban J connectivity index is 0.987. The van der Waals surface area contributed by atoms with E-state index in [2.05, 4.69) is 68.2 Å². The van der Waals surface area contributed by atoms with E-state index in [9.17, 15) is 36.6 Å². The van der Waals surface area contributed by atoms with Crippen molar-refractivity contribution in [2.75, 3.05) is 10.6 Å². The highest BCUT2D eigenvalue weighted by Gasteiger charge is 2.49. The van der Waals surface area contributed by atoms with Crippen LogP contribution in [0.4, 0.5) is 21.0 Å². The third-order valence-corrected chi connectivity index (χ3v) is 18.4. The molecular formula is C42H52N6O8S4. The predicted molar refractivity (Wildman–Crippen MR) is 230 cm³/mol. The van der Waals surface area contributed by atoms with E-state index in [0.29, 0.717) is 29.1 Å². The monoisotopic (exact) mass is 896 g/mol. The molecule has 60 heavy (non-hydrogen) atoms. The van der Waals surface area contributed by atoms with Crippen LogP contribution in [0.3, 0.4) is 0 Å². The number of amides is 4. The average molecular weight is 897 g/mol. The average Bonchev–Trinajstić information content (AvgIpc) is 3.79. The summed E-state index contributed by atoms with van der Waals surface area (Å²) in [6.07, 6.45) is 8.43. The van der Waals surface area contributed by atoms with Gasteiger partial charge in [0.05, 0.1) is 11.9 Å². The molecule has 14 nitrogen and oxygen atoms in total. The van der Waals surface area contributed by atoms with Gasteiger partial charge in [0.1, 0.15) is 16.2 Å². The van der Waals surface area contributed by atoms with Gasteiger partial charge in [-0.1, -0.05) is 38.1 Å². The Morgan fingerprint density at radius 2 is 1.45 bits per heavy atom. The summed E-state index contributed by atoms with van der Waals surface area (Å²) in [4.78, 5) is 35.1. The maximum Gasteiger partial charge on any atom is 0.333 e. The van der Waals surface area contributed by atoms with Crippen LogP contribution in [0.2, 0.25) is 0 Å². The molecule has 5 atom stereocenters. The van der Waals surface area contributed by atoms with Gasteiger partial charge in [-0.25, -0.2) is 37.4 Å². The van der Waals surface area contributed by atoms with Crippen molar-refractivity contribution < 1.29 is 36.6 Å². The zero-order valence-corrected chi connectivity index (χ0v) is 37.7. The first kappa shape index (κ1) is 42.7. The molecule has 0 radical (unpaired) electrons. The van der Waals surface area contributed by atoms with Gasteiger partial charge in [0.2, 0.25) is 4.34 Å². The summed E-state index contributed by atoms with van der Waals surface area (Å²) in [7, 11) is -8.56. The zero-order chi connectivity index (χ0) is 43.1. The Kier molecular flexibility index (Phi) is 11.0. The molecule has 18 heteroatoms. The van der Waals surface area contributed by atoms with Crippen LogP contribution in [0.1, 0.15) is 123 Å². The number of carbonyl (C=O) groups is 2. The number of nitrogens with one attached hydrogen (secondary N) is 4. The van der Waals surface area contributed by atoms with Crippen molar-refractivity contribution in [2.24, 2.45) is 23.7 Å². The van der Waals surface area contributed by atoms with Crippen LogP contribution in [-0.4, -0.2) is 49.1 Å². The molecule has 2 fully saturated rings. The van der Waals surface area contributed by atoms with Crippen LogP contribution < -0.4 is 20.1 Å². The molecular weight excluding hydrogens is 845 g/mol. The molecule has 4 aliphatic rings. The topological polar surface area (TPSA) is 217 Å². The lowest BCUT2D eigenvalue weighted by Crippen LogP contribution is -2.35. The standard InChI is InChI=1S/C42H52N6O8S4/c1-21(23-10-11-23)27-15-13-25-16-26(17-32(25)36(27)46-39(50)48-60(55,56)40-44-33(20-57-40)41(3,4)51)31-18-30(31)22(2)28-14-12-24-8-7-9-29(24)35(28)45-38(49)47-59(53,54)34-19-43-37(58-34)42(5,6)52/h12-15,19-23,26,30-31,51-52H,7-11,16-18H2,1-6H3,(H2,45,47,49)(H2,46,48,50)/t21-,22?,26?,30?,31?/m0/s1. The number of hydrogen-bond acceptors (Lipinski definition) is 12. The molecule has 2 aromatic carbocycles. The third kappa shape index (κ3) is 8.60. The number of aryl methyl sites for hydroxylation is 1. The molecule has 0 bridgehead atoms. The summed E-state index contributed by atoms with van der Waals surface area (Å²) in [6, 6.07) is 6.69. The van der Waals surface area contributed by atoms with Gasteiger partial charge in [-0.05, 0) is 148 Å². The number of aliphatic hydroxyl groups is 2. The molecule has 2 heterocycles. The van der Waals surface area contributed by atoms with Crippen LogP contribution in [0.15, 0.2) is 44.4 Å². The van der Waals surface area contributed by atoms with Gasteiger partial charge in [-0.2, -0.15) is 8.42 Å². The lowest BCUT2D eigenvalue weighted by molar-refractivity contribution is 0.0740. The Morgan fingerprint density at radius 3 is 2.07 bits per heavy atom. The minimum Gasteiger partial charge on any atom is -0.384 e. The number of rotatable bonds is 13. The molecule has 0 spiro atoms. The first-order valence-electron chi connectivity index (χ1n) is 20.4. The van der Waals surface area contributed by atoms with Crippen LogP contribution in [0.25, 0.3) is 0 Å². The Labute approximate surface area is 359 Å². The number of aromatic nitrogens is 2. The fourth-order valence-corrected chi connectivity index (χ4v) is 13.3. The van der Waals surface area contributed by atoms with Crippen molar-refractivity contribution >= 4 is 66.2 Å². The highest BCUT2D eigenvalue weighted by molar-refractivity contribution is 7.92. The smallest absolute Gasteiger partial charge is 0.333 e. The largest absolute Gasteiger partial charge is 0.384 e. The van der Waals surface area contributed by atoms with Gasteiger partial charge in [-0.3, -0.25) is 0 Å². The van der Waals surface area contributed by atoms with Crippen LogP contribution in [0, 0.1) is 23.7 Å². The number of urea groups is 2.